The van der Waals surface area contributed by atoms with Crippen molar-refractivity contribution in [3.05, 3.63) is 60.1 Å². The fourth-order valence-electron chi connectivity index (χ4n) is 3.09. The molecule has 1 aromatic heterocycles. The van der Waals surface area contributed by atoms with Gasteiger partial charge in [0, 0.05) is 13.7 Å². The topological polar surface area (TPSA) is 81.4 Å². The highest BCUT2D eigenvalue weighted by Gasteiger charge is 2.53. The summed E-state index contributed by atoms with van der Waals surface area (Å²) in [6.07, 6.45) is -0.650. The van der Waals surface area contributed by atoms with Gasteiger partial charge in [0.25, 0.3) is 0 Å². The predicted octanol–water partition coefficient (Wildman–Crippen LogP) is 1.89. The molecule has 2 heterocycles. The summed E-state index contributed by atoms with van der Waals surface area (Å²) in [5, 5.41) is 11.8. The molecule has 3 rings (SSSR count). The maximum Gasteiger partial charge on any atom is 0.313 e. The van der Waals surface area contributed by atoms with Gasteiger partial charge < -0.3 is 19.0 Å². The number of carbonyl (C=O) groups is 1. The van der Waals surface area contributed by atoms with Gasteiger partial charge >= 0.3 is 5.97 Å². The van der Waals surface area contributed by atoms with Crippen molar-refractivity contribution in [2.75, 3.05) is 14.2 Å². The van der Waals surface area contributed by atoms with Gasteiger partial charge in [0.15, 0.2) is 6.29 Å². The summed E-state index contributed by atoms with van der Waals surface area (Å²) < 4.78 is 15.4. The molecule has 0 unspecified atom stereocenters. The van der Waals surface area contributed by atoms with Gasteiger partial charge in [-0.25, -0.2) is 0 Å². The van der Waals surface area contributed by atoms with Crippen LogP contribution in [0.4, 0.5) is 0 Å². The Morgan fingerprint density at radius 1 is 1.24 bits per heavy atom. The highest BCUT2D eigenvalue weighted by molar-refractivity contribution is 5.74. The monoisotopic (exact) mass is 347 g/mol. The van der Waals surface area contributed by atoms with Crippen LogP contribution >= 0.6 is 0 Å². The van der Waals surface area contributed by atoms with Crippen molar-refractivity contribution in [3.63, 3.8) is 0 Å². The van der Waals surface area contributed by atoms with Crippen LogP contribution in [0.25, 0.3) is 0 Å². The lowest BCUT2D eigenvalue weighted by molar-refractivity contribution is -0.238. The van der Waals surface area contributed by atoms with Crippen LogP contribution in [-0.2, 0) is 25.7 Å². The van der Waals surface area contributed by atoms with E-state index in [4.69, 9.17) is 18.7 Å². The summed E-state index contributed by atoms with van der Waals surface area (Å²) in [7, 11) is 2.65. The first-order valence-corrected chi connectivity index (χ1v) is 7.95. The lowest BCUT2D eigenvalue weighted by atomic mass is 9.92. The molecule has 0 radical (unpaired) electrons. The van der Waals surface area contributed by atoms with Gasteiger partial charge in [0.2, 0.25) is 0 Å². The van der Waals surface area contributed by atoms with Crippen molar-refractivity contribution in [1.29, 1.82) is 0 Å². The number of esters is 1. The van der Waals surface area contributed by atoms with E-state index in [0.717, 1.165) is 5.56 Å². The molecule has 1 aliphatic rings. The fraction of sp³-hybridized carbons (Fsp3) is 0.389. The molecular formula is C18H21NO6. The molecule has 0 aliphatic carbocycles. The van der Waals surface area contributed by atoms with E-state index in [9.17, 15) is 9.90 Å². The van der Waals surface area contributed by atoms with Gasteiger partial charge in [-0.2, -0.15) is 5.06 Å². The van der Waals surface area contributed by atoms with Gasteiger partial charge in [-0.1, -0.05) is 30.3 Å². The minimum atomic E-state index is -1.28. The number of hydroxylamine groups is 2. The first-order valence-electron chi connectivity index (χ1n) is 7.95. The van der Waals surface area contributed by atoms with Crippen molar-refractivity contribution in [1.82, 2.24) is 5.06 Å². The number of furan rings is 1. The van der Waals surface area contributed by atoms with Gasteiger partial charge in [-0.15, -0.1) is 0 Å². The number of aliphatic hydroxyl groups excluding tert-OH is 1. The third-order valence-corrected chi connectivity index (χ3v) is 4.27. The van der Waals surface area contributed by atoms with Crippen LogP contribution in [0.2, 0.25) is 0 Å². The highest BCUT2D eigenvalue weighted by Crippen LogP contribution is 2.42. The minimum absolute atomic E-state index is 0.409. The Morgan fingerprint density at radius 2 is 2.00 bits per heavy atom. The van der Waals surface area contributed by atoms with Crippen molar-refractivity contribution in [2.24, 2.45) is 5.92 Å². The Bertz CT molecular complexity index is 674. The molecule has 134 valence electrons. The van der Waals surface area contributed by atoms with E-state index < -0.39 is 30.3 Å². The number of nitrogens with zero attached hydrogens (tertiary/aromatic N) is 1. The summed E-state index contributed by atoms with van der Waals surface area (Å²) in [4.78, 5) is 18.3. The second kappa shape index (κ2) is 7.79. The molecule has 7 heteroatoms. The molecule has 1 saturated heterocycles. The summed E-state index contributed by atoms with van der Waals surface area (Å²) in [6, 6.07) is 12.6. The highest BCUT2D eigenvalue weighted by atomic mass is 16.7. The summed E-state index contributed by atoms with van der Waals surface area (Å²) in [5.74, 6) is -0.745. The van der Waals surface area contributed by atoms with Gasteiger partial charge in [0.1, 0.15) is 23.8 Å². The third-order valence-electron chi connectivity index (χ3n) is 4.27. The van der Waals surface area contributed by atoms with Crippen LogP contribution in [0.15, 0.2) is 53.1 Å². The van der Waals surface area contributed by atoms with E-state index >= 15 is 0 Å². The van der Waals surface area contributed by atoms with Crippen molar-refractivity contribution < 1.29 is 28.6 Å². The second-order valence-electron chi connectivity index (χ2n) is 5.77. The number of hydrogen-bond donors (Lipinski definition) is 1. The Hall–Kier alpha value is -2.19. The maximum atomic E-state index is 12.4. The molecule has 1 fully saturated rings. The molecule has 25 heavy (non-hydrogen) atoms. The SMILES string of the molecule is COC(=O)[C@@H]1[C@@H]([C@H](O)OC)ON(Cc2ccccc2)[C@@H]1c1ccco1. The largest absolute Gasteiger partial charge is 0.469 e. The second-order valence-corrected chi connectivity index (χ2v) is 5.77. The zero-order valence-corrected chi connectivity index (χ0v) is 14.1. The predicted molar refractivity (Wildman–Crippen MR) is 86.8 cm³/mol. The molecule has 1 N–H and O–H groups in total. The van der Waals surface area contributed by atoms with Crippen LogP contribution in [-0.4, -0.2) is 42.8 Å². The smallest absolute Gasteiger partial charge is 0.313 e. The molecule has 7 nitrogen and oxygen atoms in total. The van der Waals surface area contributed by atoms with Crippen molar-refractivity contribution >= 4 is 5.97 Å². The number of rotatable bonds is 6. The maximum absolute atomic E-state index is 12.4. The van der Waals surface area contributed by atoms with E-state index in [-0.39, 0.29) is 0 Å². The van der Waals surface area contributed by atoms with E-state index in [1.54, 1.807) is 17.2 Å². The van der Waals surface area contributed by atoms with Gasteiger partial charge in [-0.3, -0.25) is 9.63 Å². The van der Waals surface area contributed by atoms with Crippen LogP contribution in [0.3, 0.4) is 0 Å². The minimum Gasteiger partial charge on any atom is -0.469 e. The molecule has 0 saturated carbocycles. The Balaban J connectivity index is 1.96. The first kappa shape index (κ1) is 17.6. The van der Waals surface area contributed by atoms with Crippen LogP contribution < -0.4 is 0 Å². The molecule has 0 amide bonds. The van der Waals surface area contributed by atoms with Gasteiger partial charge in [0.05, 0.1) is 13.4 Å². The number of methoxy groups -OCH3 is 2. The summed E-state index contributed by atoms with van der Waals surface area (Å²) in [5.41, 5.74) is 0.996. The Labute approximate surface area is 145 Å². The average Bonchev–Trinajstić information content (AvgIpc) is 3.28. The molecule has 0 bridgehead atoms. The summed E-state index contributed by atoms with van der Waals surface area (Å²) in [6.45, 7) is 0.409. The zero-order valence-electron chi connectivity index (χ0n) is 14.1. The summed E-state index contributed by atoms with van der Waals surface area (Å²) >= 11 is 0. The number of hydrogen-bond acceptors (Lipinski definition) is 7. The van der Waals surface area contributed by atoms with Crippen LogP contribution in [0, 0.1) is 5.92 Å². The number of ether oxygens (including phenoxy) is 2. The van der Waals surface area contributed by atoms with Crippen molar-refractivity contribution in [2.45, 2.75) is 25.0 Å². The Morgan fingerprint density at radius 3 is 2.60 bits per heavy atom. The lowest BCUT2D eigenvalue weighted by Crippen LogP contribution is -2.38. The van der Waals surface area contributed by atoms with E-state index in [0.29, 0.717) is 12.3 Å². The van der Waals surface area contributed by atoms with Crippen LogP contribution in [0.5, 0.6) is 0 Å². The van der Waals surface area contributed by atoms with E-state index in [1.165, 1.54) is 20.5 Å². The average molecular weight is 347 g/mol. The molecule has 0 spiro atoms. The van der Waals surface area contributed by atoms with Crippen LogP contribution in [0.1, 0.15) is 17.4 Å². The number of carbonyl (C=O) groups excluding carboxylic acids is 1. The number of aliphatic hydroxyl groups is 1. The normalized spacial score (nSPS) is 25.0. The number of benzene rings is 1. The zero-order chi connectivity index (χ0) is 17.8. The standard InChI is InChI=1S/C18H21NO6/c1-22-17(20)14-15(13-9-6-10-24-13)19(25-16(14)18(21)23-2)11-12-7-4-3-5-8-12/h3-10,14-16,18,21H,11H2,1-2H3/t14-,15+,16-,18+/m0/s1. The molecule has 1 aliphatic heterocycles. The molecular weight excluding hydrogens is 326 g/mol. The molecule has 4 atom stereocenters. The fourth-order valence-corrected chi connectivity index (χ4v) is 3.09. The lowest BCUT2D eigenvalue weighted by Gasteiger charge is -2.22. The quantitative estimate of drug-likeness (QED) is 0.631. The van der Waals surface area contributed by atoms with Gasteiger partial charge in [-0.05, 0) is 17.7 Å². The van der Waals surface area contributed by atoms with E-state index in [2.05, 4.69) is 0 Å². The third kappa shape index (κ3) is 3.59. The molecule has 1 aromatic carbocycles. The molecule has 2 aromatic rings. The first-order chi connectivity index (χ1) is 12.2. The van der Waals surface area contributed by atoms with E-state index in [1.807, 2.05) is 30.3 Å². The van der Waals surface area contributed by atoms with Crippen molar-refractivity contribution in [3.8, 4) is 0 Å². The Kier molecular flexibility index (Phi) is 5.50.